The molecule has 0 bridgehead atoms. The Balaban J connectivity index is 1.48. The van der Waals surface area contributed by atoms with Gasteiger partial charge in [0, 0.05) is 31.6 Å². The van der Waals surface area contributed by atoms with E-state index in [1.54, 1.807) is 6.92 Å². The highest BCUT2D eigenvalue weighted by atomic mass is 35.5. The predicted octanol–water partition coefficient (Wildman–Crippen LogP) is 2.48. The first-order valence-electron chi connectivity index (χ1n) is 7.23. The zero-order valence-corrected chi connectivity index (χ0v) is 13.1. The number of benzene rings is 1. The van der Waals surface area contributed by atoms with E-state index in [9.17, 15) is 0 Å². The third-order valence-electron chi connectivity index (χ3n) is 3.45. The number of rotatable bonds is 5. The van der Waals surface area contributed by atoms with Crippen molar-refractivity contribution in [2.45, 2.75) is 13.0 Å². The molecule has 0 saturated carbocycles. The molecule has 0 aliphatic carbocycles. The minimum absolute atomic E-state index is 0.141. The summed E-state index contributed by atoms with van der Waals surface area (Å²) in [6, 6.07) is 7.41. The lowest BCUT2D eigenvalue weighted by Crippen LogP contribution is -2.40. The van der Waals surface area contributed by atoms with Gasteiger partial charge in [0.2, 0.25) is 11.7 Å². The minimum Gasteiger partial charge on any atom is -0.492 e. The molecule has 1 fully saturated rings. The topological polar surface area (TPSA) is 60.6 Å². The highest BCUT2D eigenvalue weighted by Gasteiger charge is 2.25. The Morgan fingerprint density at radius 1 is 1.45 bits per heavy atom. The van der Waals surface area contributed by atoms with Crippen molar-refractivity contribution in [1.82, 2.24) is 15.0 Å². The lowest BCUT2D eigenvalue weighted by molar-refractivity contribution is -0.0379. The van der Waals surface area contributed by atoms with Crippen molar-refractivity contribution in [3.05, 3.63) is 41.0 Å². The van der Waals surface area contributed by atoms with E-state index < -0.39 is 0 Å². The van der Waals surface area contributed by atoms with Gasteiger partial charge in [-0.15, -0.1) is 0 Å². The fraction of sp³-hybridized carbons (Fsp3) is 0.467. The summed E-state index contributed by atoms with van der Waals surface area (Å²) in [6.45, 7) is 5.43. The number of hydrogen-bond acceptors (Lipinski definition) is 6. The molecular weight excluding hydrogens is 306 g/mol. The van der Waals surface area contributed by atoms with Crippen LogP contribution in [0.4, 0.5) is 0 Å². The Bertz CT molecular complexity index is 620. The second-order valence-electron chi connectivity index (χ2n) is 5.14. The van der Waals surface area contributed by atoms with Crippen molar-refractivity contribution in [2.75, 3.05) is 32.8 Å². The molecule has 1 aliphatic heterocycles. The molecular formula is C15H18ClN3O3. The predicted molar refractivity (Wildman–Crippen MR) is 81.1 cm³/mol. The van der Waals surface area contributed by atoms with Crippen LogP contribution < -0.4 is 4.74 Å². The van der Waals surface area contributed by atoms with Crippen LogP contribution >= 0.6 is 11.6 Å². The molecule has 0 N–H and O–H groups in total. The molecule has 0 amide bonds. The average Bonchev–Trinajstić information content (AvgIpc) is 2.94. The lowest BCUT2D eigenvalue weighted by Gasteiger charge is -2.31. The summed E-state index contributed by atoms with van der Waals surface area (Å²) >= 11 is 5.93. The summed E-state index contributed by atoms with van der Waals surface area (Å²) in [4.78, 5) is 6.50. The standard InChI is InChI=1S/C15H18ClN3O3/c1-11-17-15(18-22-11)14-10-19(6-8-21-14)5-7-20-13-4-2-3-12(16)9-13/h2-4,9,14H,5-8,10H2,1H3/t14-/m0/s1. The van der Waals surface area contributed by atoms with Gasteiger partial charge in [-0.2, -0.15) is 4.98 Å². The van der Waals surface area contributed by atoms with Gasteiger partial charge in [-0.25, -0.2) is 0 Å². The van der Waals surface area contributed by atoms with Crippen LogP contribution in [0, 0.1) is 6.92 Å². The second kappa shape index (κ2) is 7.09. The number of morpholine rings is 1. The number of ether oxygens (including phenoxy) is 2. The molecule has 0 spiro atoms. The van der Waals surface area contributed by atoms with Crippen LogP contribution in [0.5, 0.6) is 5.75 Å². The van der Waals surface area contributed by atoms with Crippen LogP contribution in [-0.2, 0) is 4.74 Å². The quantitative estimate of drug-likeness (QED) is 0.842. The Morgan fingerprint density at radius 2 is 2.36 bits per heavy atom. The summed E-state index contributed by atoms with van der Waals surface area (Å²) in [6.07, 6.45) is -0.141. The van der Waals surface area contributed by atoms with E-state index in [0.717, 1.165) is 25.4 Å². The average molecular weight is 324 g/mol. The van der Waals surface area contributed by atoms with Crippen LogP contribution in [0.15, 0.2) is 28.8 Å². The highest BCUT2D eigenvalue weighted by molar-refractivity contribution is 6.30. The van der Waals surface area contributed by atoms with Gasteiger partial charge in [0.15, 0.2) is 0 Å². The third-order valence-corrected chi connectivity index (χ3v) is 3.69. The van der Waals surface area contributed by atoms with Crippen molar-refractivity contribution >= 4 is 11.6 Å². The van der Waals surface area contributed by atoms with Gasteiger partial charge in [0.1, 0.15) is 18.5 Å². The fourth-order valence-corrected chi connectivity index (χ4v) is 2.54. The smallest absolute Gasteiger partial charge is 0.223 e. The summed E-state index contributed by atoms with van der Waals surface area (Å²) in [5, 5.41) is 4.61. The maximum absolute atomic E-state index is 5.93. The van der Waals surface area contributed by atoms with Crippen molar-refractivity contribution < 1.29 is 14.0 Å². The monoisotopic (exact) mass is 323 g/mol. The number of aromatic nitrogens is 2. The summed E-state index contributed by atoms with van der Waals surface area (Å²) in [7, 11) is 0. The van der Waals surface area contributed by atoms with E-state index in [2.05, 4.69) is 15.0 Å². The number of halogens is 1. The second-order valence-corrected chi connectivity index (χ2v) is 5.57. The Morgan fingerprint density at radius 3 is 3.14 bits per heavy atom. The van der Waals surface area contributed by atoms with E-state index in [-0.39, 0.29) is 6.10 Å². The lowest BCUT2D eigenvalue weighted by atomic mass is 10.2. The van der Waals surface area contributed by atoms with Crippen molar-refractivity contribution in [1.29, 1.82) is 0 Å². The normalized spacial score (nSPS) is 19.3. The highest BCUT2D eigenvalue weighted by Crippen LogP contribution is 2.20. The van der Waals surface area contributed by atoms with E-state index in [1.165, 1.54) is 0 Å². The first-order valence-corrected chi connectivity index (χ1v) is 7.61. The Labute approximate surface area is 134 Å². The van der Waals surface area contributed by atoms with Crippen molar-refractivity contribution in [3.8, 4) is 5.75 Å². The van der Waals surface area contributed by atoms with Crippen LogP contribution in [0.3, 0.4) is 0 Å². The summed E-state index contributed by atoms with van der Waals surface area (Å²) in [5.74, 6) is 1.95. The molecule has 0 radical (unpaired) electrons. The minimum atomic E-state index is -0.141. The van der Waals surface area contributed by atoms with Crippen LogP contribution in [0.1, 0.15) is 17.8 Å². The van der Waals surface area contributed by atoms with Gasteiger partial charge < -0.3 is 14.0 Å². The Hall–Kier alpha value is -1.63. The van der Waals surface area contributed by atoms with Crippen LogP contribution in [0.25, 0.3) is 0 Å². The molecule has 1 saturated heterocycles. The maximum Gasteiger partial charge on any atom is 0.223 e. The molecule has 6 nitrogen and oxygen atoms in total. The molecule has 1 aromatic carbocycles. The SMILES string of the molecule is Cc1nc([C@@H]2CN(CCOc3cccc(Cl)c3)CCO2)no1. The molecule has 1 atom stereocenters. The van der Waals surface area contributed by atoms with E-state index >= 15 is 0 Å². The van der Waals surface area contributed by atoms with Gasteiger partial charge in [-0.3, -0.25) is 4.90 Å². The number of hydrogen-bond donors (Lipinski definition) is 0. The van der Waals surface area contributed by atoms with Gasteiger partial charge in [-0.05, 0) is 18.2 Å². The van der Waals surface area contributed by atoms with Gasteiger partial charge in [0.25, 0.3) is 0 Å². The third kappa shape index (κ3) is 3.97. The van der Waals surface area contributed by atoms with Crippen LogP contribution in [-0.4, -0.2) is 47.9 Å². The largest absolute Gasteiger partial charge is 0.492 e. The molecule has 7 heteroatoms. The summed E-state index contributed by atoms with van der Waals surface area (Å²) in [5.41, 5.74) is 0. The molecule has 2 aromatic rings. The molecule has 22 heavy (non-hydrogen) atoms. The van der Waals surface area contributed by atoms with Gasteiger partial charge in [0.05, 0.1) is 6.61 Å². The van der Waals surface area contributed by atoms with E-state index in [4.69, 9.17) is 25.6 Å². The zero-order valence-electron chi connectivity index (χ0n) is 12.4. The van der Waals surface area contributed by atoms with Crippen LogP contribution in [0.2, 0.25) is 5.02 Å². The maximum atomic E-state index is 5.93. The Kier molecular flexibility index (Phi) is 4.92. The van der Waals surface area contributed by atoms with Gasteiger partial charge >= 0.3 is 0 Å². The zero-order chi connectivity index (χ0) is 15.4. The van der Waals surface area contributed by atoms with Crippen molar-refractivity contribution in [3.63, 3.8) is 0 Å². The molecule has 0 unspecified atom stereocenters. The number of nitrogens with zero attached hydrogens (tertiary/aromatic N) is 3. The number of aryl methyl sites for hydroxylation is 1. The molecule has 3 rings (SSSR count). The van der Waals surface area contributed by atoms with E-state index in [0.29, 0.717) is 30.0 Å². The molecule has 118 valence electrons. The summed E-state index contributed by atoms with van der Waals surface area (Å²) < 4.78 is 16.4. The van der Waals surface area contributed by atoms with E-state index in [1.807, 2.05) is 24.3 Å². The van der Waals surface area contributed by atoms with Gasteiger partial charge in [-0.1, -0.05) is 22.8 Å². The van der Waals surface area contributed by atoms with Crippen molar-refractivity contribution in [2.24, 2.45) is 0 Å². The molecule has 1 aliphatic rings. The molecule has 1 aromatic heterocycles. The fourth-order valence-electron chi connectivity index (χ4n) is 2.36. The first kappa shape index (κ1) is 15.3. The first-order chi connectivity index (χ1) is 10.7. The molecule has 2 heterocycles.